The molecule has 0 radical (unpaired) electrons. The van der Waals surface area contributed by atoms with Crippen LogP contribution in [0.25, 0.3) is 0 Å². The van der Waals surface area contributed by atoms with Crippen LogP contribution in [0.1, 0.15) is 10.4 Å². The fourth-order valence-corrected chi connectivity index (χ4v) is 1.33. The van der Waals surface area contributed by atoms with Gasteiger partial charge in [-0.3, -0.25) is 10.1 Å². The maximum absolute atomic E-state index is 11.4. The second kappa shape index (κ2) is 5.21. The maximum atomic E-state index is 11.4. The van der Waals surface area contributed by atoms with Gasteiger partial charge < -0.3 is 15.8 Å². The predicted octanol–water partition coefficient (Wildman–Crippen LogP) is 1.04. The summed E-state index contributed by atoms with van der Waals surface area (Å²) in [6.07, 6.45) is 0. The highest BCUT2D eigenvalue weighted by molar-refractivity contribution is 7.80. The molecular formula is C9H9N3O4S. The topological polar surface area (TPSA) is 107 Å². The van der Waals surface area contributed by atoms with Crippen molar-refractivity contribution in [2.45, 2.75) is 0 Å². The summed E-state index contributed by atoms with van der Waals surface area (Å²) in [5.41, 5.74) is 4.87. The number of nitro benzene ring substituents is 1. The van der Waals surface area contributed by atoms with Gasteiger partial charge in [-0.25, -0.2) is 4.79 Å². The minimum atomic E-state index is -0.715. The third kappa shape index (κ3) is 2.88. The summed E-state index contributed by atoms with van der Waals surface area (Å²) in [5.74, 6) is -0.715. The van der Waals surface area contributed by atoms with Crippen molar-refractivity contribution in [2.75, 3.05) is 12.4 Å². The molecule has 1 aromatic rings. The Morgan fingerprint density at radius 1 is 1.59 bits per heavy atom. The van der Waals surface area contributed by atoms with Crippen LogP contribution in [0.15, 0.2) is 18.2 Å². The number of carbonyl (C=O) groups excluding carboxylic acids is 1. The van der Waals surface area contributed by atoms with Gasteiger partial charge >= 0.3 is 5.97 Å². The fraction of sp³-hybridized carbons (Fsp3) is 0.111. The molecule has 0 atom stereocenters. The first kappa shape index (κ1) is 12.8. The highest BCUT2D eigenvalue weighted by Crippen LogP contribution is 2.28. The number of benzene rings is 1. The third-order valence-electron chi connectivity index (χ3n) is 1.89. The molecule has 3 N–H and O–H groups in total. The molecule has 8 heteroatoms. The molecule has 0 heterocycles. The van der Waals surface area contributed by atoms with Crippen molar-refractivity contribution in [3.63, 3.8) is 0 Å². The highest BCUT2D eigenvalue weighted by Gasteiger charge is 2.22. The first-order chi connectivity index (χ1) is 7.97. The van der Waals surface area contributed by atoms with Crippen LogP contribution in [0.2, 0.25) is 0 Å². The summed E-state index contributed by atoms with van der Waals surface area (Å²) < 4.78 is 4.51. The van der Waals surface area contributed by atoms with Crippen LogP contribution in [0, 0.1) is 10.1 Å². The van der Waals surface area contributed by atoms with Crippen molar-refractivity contribution < 1.29 is 14.5 Å². The molecular weight excluding hydrogens is 246 g/mol. The monoisotopic (exact) mass is 255 g/mol. The van der Waals surface area contributed by atoms with Gasteiger partial charge in [-0.2, -0.15) is 0 Å². The number of esters is 1. The van der Waals surface area contributed by atoms with E-state index in [9.17, 15) is 14.9 Å². The van der Waals surface area contributed by atoms with Crippen molar-refractivity contribution in [3.05, 3.63) is 33.9 Å². The summed E-state index contributed by atoms with van der Waals surface area (Å²) in [7, 11) is 1.17. The zero-order valence-electron chi connectivity index (χ0n) is 8.80. The van der Waals surface area contributed by atoms with Crippen LogP contribution in [-0.2, 0) is 4.74 Å². The molecule has 0 spiro atoms. The zero-order chi connectivity index (χ0) is 13.0. The Hall–Kier alpha value is -2.22. The number of rotatable bonds is 3. The number of para-hydroxylation sites is 1. The zero-order valence-corrected chi connectivity index (χ0v) is 9.61. The van der Waals surface area contributed by atoms with E-state index in [1.54, 1.807) is 0 Å². The van der Waals surface area contributed by atoms with Crippen molar-refractivity contribution in [2.24, 2.45) is 5.73 Å². The molecule has 0 aromatic heterocycles. The molecule has 0 fully saturated rings. The Bertz CT molecular complexity index is 489. The number of hydrogen-bond acceptors (Lipinski definition) is 5. The van der Waals surface area contributed by atoms with Gasteiger partial charge in [0, 0.05) is 6.07 Å². The summed E-state index contributed by atoms with van der Waals surface area (Å²) in [4.78, 5) is 21.6. The van der Waals surface area contributed by atoms with E-state index >= 15 is 0 Å². The lowest BCUT2D eigenvalue weighted by Gasteiger charge is -2.09. The van der Waals surface area contributed by atoms with Crippen LogP contribution in [0.5, 0.6) is 0 Å². The SMILES string of the molecule is COC(=O)c1cccc([N+](=O)[O-])c1NC(N)=S. The fourth-order valence-electron chi connectivity index (χ4n) is 1.23. The number of methoxy groups -OCH3 is 1. The number of nitrogens with one attached hydrogen (secondary N) is 1. The molecule has 7 nitrogen and oxygen atoms in total. The third-order valence-corrected chi connectivity index (χ3v) is 1.99. The number of nitrogens with two attached hydrogens (primary N) is 1. The molecule has 0 saturated carbocycles. The minimum absolute atomic E-state index is 0.00509. The molecule has 0 aliphatic carbocycles. The van der Waals surface area contributed by atoms with Crippen molar-refractivity contribution in [3.8, 4) is 0 Å². The number of ether oxygens (including phenoxy) is 1. The molecule has 0 bridgehead atoms. The van der Waals surface area contributed by atoms with E-state index in [1.807, 2.05) is 0 Å². The van der Waals surface area contributed by atoms with Gasteiger partial charge in [-0.15, -0.1) is 0 Å². The largest absolute Gasteiger partial charge is 0.465 e. The van der Waals surface area contributed by atoms with Crippen LogP contribution in [-0.4, -0.2) is 23.1 Å². The molecule has 1 aromatic carbocycles. The van der Waals surface area contributed by atoms with E-state index in [2.05, 4.69) is 22.3 Å². The second-order valence-corrected chi connectivity index (χ2v) is 3.38. The first-order valence-corrected chi connectivity index (χ1v) is 4.80. The van der Waals surface area contributed by atoms with Crippen LogP contribution >= 0.6 is 12.2 Å². The number of carbonyl (C=O) groups is 1. The lowest BCUT2D eigenvalue weighted by molar-refractivity contribution is -0.383. The Labute approximate surface area is 102 Å². The average molecular weight is 255 g/mol. The first-order valence-electron chi connectivity index (χ1n) is 4.39. The molecule has 0 aliphatic rings. The number of nitro groups is 1. The molecule has 90 valence electrons. The minimum Gasteiger partial charge on any atom is -0.465 e. The molecule has 0 aliphatic heterocycles. The second-order valence-electron chi connectivity index (χ2n) is 2.94. The van der Waals surface area contributed by atoms with Gasteiger partial charge in [0.15, 0.2) is 5.11 Å². The van der Waals surface area contributed by atoms with E-state index in [1.165, 1.54) is 25.3 Å². The van der Waals surface area contributed by atoms with Gasteiger partial charge in [0.2, 0.25) is 0 Å². The van der Waals surface area contributed by atoms with E-state index in [0.717, 1.165) is 0 Å². The quantitative estimate of drug-likeness (QED) is 0.359. The number of anilines is 1. The Balaban J connectivity index is 3.38. The molecule has 1 rings (SSSR count). The van der Waals surface area contributed by atoms with Crippen molar-refractivity contribution >= 4 is 34.7 Å². The van der Waals surface area contributed by atoms with Gasteiger partial charge in [0.1, 0.15) is 5.69 Å². The van der Waals surface area contributed by atoms with Gasteiger partial charge in [0.05, 0.1) is 17.6 Å². The molecule has 0 saturated heterocycles. The number of hydrogen-bond donors (Lipinski definition) is 2. The van der Waals surface area contributed by atoms with Crippen molar-refractivity contribution in [1.29, 1.82) is 0 Å². The Morgan fingerprint density at radius 2 is 2.24 bits per heavy atom. The lowest BCUT2D eigenvalue weighted by Crippen LogP contribution is -2.21. The summed E-state index contributed by atoms with van der Waals surface area (Å²) in [6.45, 7) is 0. The summed E-state index contributed by atoms with van der Waals surface area (Å²) in [6, 6.07) is 3.97. The Kier molecular flexibility index (Phi) is 3.94. The molecule has 0 unspecified atom stereocenters. The van der Waals surface area contributed by atoms with Gasteiger partial charge in [0.25, 0.3) is 5.69 Å². The lowest BCUT2D eigenvalue weighted by atomic mass is 10.1. The van der Waals surface area contributed by atoms with Crippen LogP contribution in [0.4, 0.5) is 11.4 Å². The highest BCUT2D eigenvalue weighted by atomic mass is 32.1. The number of nitrogens with zero attached hydrogens (tertiary/aromatic N) is 1. The van der Waals surface area contributed by atoms with E-state index in [0.29, 0.717) is 0 Å². The summed E-state index contributed by atoms with van der Waals surface area (Å²) in [5, 5.41) is 13.0. The van der Waals surface area contributed by atoms with E-state index in [4.69, 9.17) is 5.73 Å². The van der Waals surface area contributed by atoms with Gasteiger partial charge in [-0.05, 0) is 18.3 Å². The Morgan fingerprint density at radius 3 is 2.71 bits per heavy atom. The summed E-state index contributed by atoms with van der Waals surface area (Å²) >= 11 is 4.60. The van der Waals surface area contributed by atoms with E-state index < -0.39 is 10.9 Å². The van der Waals surface area contributed by atoms with Gasteiger partial charge in [-0.1, -0.05) is 6.07 Å². The standard InChI is InChI=1S/C9H9N3O4S/c1-16-8(13)5-3-2-4-6(12(14)15)7(5)11-9(10)17/h2-4H,1H3,(H3,10,11,17). The van der Waals surface area contributed by atoms with E-state index in [-0.39, 0.29) is 22.1 Å². The molecule has 17 heavy (non-hydrogen) atoms. The van der Waals surface area contributed by atoms with Crippen LogP contribution in [0.3, 0.4) is 0 Å². The normalized spacial score (nSPS) is 9.47. The smallest absolute Gasteiger partial charge is 0.340 e. The van der Waals surface area contributed by atoms with Crippen LogP contribution < -0.4 is 11.1 Å². The average Bonchev–Trinajstić information content (AvgIpc) is 2.27. The number of thiocarbonyl (C=S) groups is 1. The maximum Gasteiger partial charge on any atom is 0.340 e. The molecule has 0 amide bonds. The predicted molar refractivity (Wildman–Crippen MR) is 64.8 cm³/mol. The van der Waals surface area contributed by atoms with Crippen molar-refractivity contribution in [1.82, 2.24) is 0 Å².